The first-order valence-corrected chi connectivity index (χ1v) is 6.79. The first-order valence-electron chi connectivity index (χ1n) is 4.97. The van der Waals surface area contributed by atoms with Crippen molar-refractivity contribution in [3.8, 4) is 0 Å². The molecule has 0 saturated carbocycles. The maximum Gasteiger partial charge on any atom is 0.156 e. The van der Waals surface area contributed by atoms with Crippen LogP contribution >= 0.6 is 0 Å². The Morgan fingerprint density at radius 1 is 1.47 bits per heavy atom. The summed E-state index contributed by atoms with van der Waals surface area (Å²) >= 11 is 0. The van der Waals surface area contributed by atoms with E-state index in [2.05, 4.69) is 5.10 Å². The van der Waals surface area contributed by atoms with Gasteiger partial charge in [0.1, 0.15) is 5.82 Å². The average Bonchev–Trinajstić information content (AvgIpc) is 2.41. The number of nitrogen functional groups attached to an aromatic ring is 1. The number of anilines is 1. The number of fused-ring (bicyclic) bond motifs is 1. The predicted molar refractivity (Wildman–Crippen MR) is 58.2 cm³/mol. The van der Waals surface area contributed by atoms with E-state index in [9.17, 15) is 8.42 Å². The Hall–Kier alpha value is -1.04. The maximum atomic E-state index is 11.5. The molecular formula is C9H15N3O2S. The van der Waals surface area contributed by atoms with Crippen LogP contribution in [0.15, 0.2) is 0 Å². The lowest BCUT2D eigenvalue weighted by Crippen LogP contribution is -2.21. The molecule has 1 aromatic rings. The van der Waals surface area contributed by atoms with Crippen LogP contribution in [0.4, 0.5) is 5.82 Å². The molecule has 0 unspecified atom stereocenters. The Kier molecular flexibility index (Phi) is 2.26. The predicted octanol–water partition coefficient (Wildman–Crippen LogP) is 0.517. The highest BCUT2D eigenvalue weighted by molar-refractivity contribution is 7.90. The van der Waals surface area contributed by atoms with Crippen LogP contribution in [0.5, 0.6) is 0 Å². The summed E-state index contributed by atoms with van der Waals surface area (Å²) in [6.07, 6.45) is 0.496. The van der Waals surface area contributed by atoms with E-state index in [1.807, 2.05) is 13.8 Å². The SMILES string of the molecule is CC(C)n1nc(N)c2c1CS(=O)(=O)CC2. The molecule has 0 bridgehead atoms. The van der Waals surface area contributed by atoms with E-state index < -0.39 is 9.84 Å². The number of nitrogens with zero attached hydrogens (tertiary/aromatic N) is 2. The second-order valence-corrected chi connectivity index (χ2v) is 6.37. The van der Waals surface area contributed by atoms with Gasteiger partial charge < -0.3 is 5.73 Å². The van der Waals surface area contributed by atoms with Gasteiger partial charge >= 0.3 is 0 Å². The van der Waals surface area contributed by atoms with E-state index in [1.165, 1.54) is 0 Å². The van der Waals surface area contributed by atoms with Crippen molar-refractivity contribution in [3.05, 3.63) is 11.3 Å². The Morgan fingerprint density at radius 2 is 2.13 bits per heavy atom. The highest BCUT2D eigenvalue weighted by atomic mass is 32.2. The lowest BCUT2D eigenvalue weighted by atomic mass is 10.2. The summed E-state index contributed by atoms with van der Waals surface area (Å²) in [4.78, 5) is 0. The van der Waals surface area contributed by atoms with Gasteiger partial charge in [0.25, 0.3) is 0 Å². The molecule has 84 valence electrons. The Bertz CT molecular complexity index is 488. The zero-order valence-electron chi connectivity index (χ0n) is 8.90. The molecule has 15 heavy (non-hydrogen) atoms. The van der Waals surface area contributed by atoms with E-state index in [0.29, 0.717) is 12.2 Å². The first-order chi connectivity index (χ1) is 6.91. The van der Waals surface area contributed by atoms with Crippen LogP contribution in [-0.4, -0.2) is 24.0 Å². The van der Waals surface area contributed by atoms with Crippen molar-refractivity contribution in [2.45, 2.75) is 32.1 Å². The highest BCUT2D eigenvalue weighted by Crippen LogP contribution is 2.27. The lowest BCUT2D eigenvalue weighted by Gasteiger charge is -2.16. The Morgan fingerprint density at radius 3 is 2.73 bits per heavy atom. The van der Waals surface area contributed by atoms with E-state index >= 15 is 0 Å². The van der Waals surface area contributed by atoms with Crippen molar-refractivity contribution in [3.63, 3.8) is 0 Å². The second kappa shape index (κ2) is 3.23. The summed E-state index contributed by atoms with van der Waals surface area (Å²) in [5.41, 5.74) is 7.45. The van der Waals surface area contributed by atoms with Gasteiger partial charge in [0.05, 0.1) is 17.2 Å². The topological polar surface area (TPSA) is 78.0 Å². The van der Waals surface area contributed by atoms with Gasteiger partial charge in [-0.15, -0.1) is 0 Å². The van der Waals surface area contributed by atoms with Gasteiger partial charge in [-0.1, -0.05) is 0 Å². The summed E-state index contributed by atoms with van der Waals surface area (Å²) in [7, 11) is -2.96. The van der Waals surface area contributed by atoms with Gasteiger partial charge in [-0.2, -0.15) is 5.10 Å². The third-order valence-electron chi connectivity index (χ3n) is 2.66. The van der Waals surface area contributed by atoms with Gasteiger partial charge in [-0.3, -0.25) is 4.68 Å². The molecule has 1 aliphatic rings. The van der Waals surface area contributed by atoms with Gasteiger partial charge in [-0.05, 0) is 20.3 Å². The molecule has 2 N–H and O–H groups in total. The average molecular weight is 229 g/mol. The standard InChI is InChI=1S/C9H15N3O2S/c1-6(2)12-8-5-15(13,14)4-3-7(8)9(10)11-12/h6H,3-5H2,1-2H3,(H2,10,11). The third kappa shape index (κ3) is 1.73. The van der Waals surface area contributed by atoms with Crippen LogP contribution in [0.1, 0.15) is 31.1 Å². The molecule has 0 spiro atoms. The molecule has 1 aliphatic heterocycles. The smallest absolute Gasteiger partial charge is 0.156 e. The first kappa shape index (κ1) is 10.5. The molecule has 0 saturated heterocycles. The van der Waals surface area contributed by atoms with Crippen molar-refractivity contribution >= 4 is 15.7 Å². The van der Waals surface area contributed by atoms with E-state index in [0.717, 1.165) is 11.3 Å². The monoisotopic (exact) mass is 229 g/mol. The zero-order chi connectivity index (χ0) is 11.2. The molecule has 6 heteroatoms. The van der Waals surface area contributed by atoms with Crippen LogP contribution in [0.3, 0.4) is 0 Å². The van der Waals surface area contributed by atoms with E-state index in [4.69, 9.17) is 5.73 Å². The molecule has 2 rings (SSSR count). The molecule has 0 aromatic carbocycles. The van der Waals surface area contributed by atoms with Crippen LogP contribution in [0.2, 0.25) is 0 Å². The molecule has 2 heterocycles. The number of hydrogen-bond donors (Lipinski definition) is 1. The lowest BCUT2D eigenvalue weighted by molar-refractivity contribution is 0.512. The van der Waals surface area contributed by atoms with Gasteiger partial charge in [0, 0.05) is 11.6 Å². The van der Waals surface area contributed by atoms with Crippen molar-refractivity contribution in [1.29, 1.82) is 0 Å². The second-order valence-electron chi connectivity index (χ2n) is 4.19. The number of sulfone groups is 1. The van der Waals surface area contributed by atoms with Crippen molar-refractivity contribution in [1.82, 2.24) is 9.78 Å². The van der Waals surface area contributed by atoms with E-state index in [-0.39, 0.29) is 17.5 Å². The zero-order valence-corrected chi connectivity index (χ0v) is 9.71. The number of nitrogens with two attached hydrogens (primary N) is 1. The summed E-state index contributed by atoms with van der Waals surface area (Å²) < 4.78 is 24.8. The Labute approximate surface area is 89.2 Å². The third-order valence-corrected chi connectivity index (χ3v) is 4.20. The quantitative estimate of drug-likeness (QED) is 0.761. The van der Waals surface area contributed by atoms with E-state index in [1.54, 1.807) is 4.68 Å². The minimum Gasteiger partial charge on any atom is -0.382 e. The fourth-order valence-corrected chi connectivity index (χ4v) is 3.30. The molecule has 0 atom stereocenters. The molecule has 0 aliphatic carbocycles. The maximum absolute atomic E-state index is 11.5. The molecule has 0 radical (unpaired) electrons. The van der Waals surface area contributed by atoms with Crippen molar-refractivity contribution in [2.75, 3.05) is 11.5 Å². The fourth-order valence-electron chi connectivity index (χ4n) is 1.91. The van der Waals surface area contributed by atoms with Crippen molar-refractivity contribution in [2.24, 2.45) is 0 Å². The Balaban J connectivity index is 2.56. The van der Waals surface area contributed by atoms with Crippen LogP contribution in [-0.2, 0) is 22.0 Å². The number of rotatable bonds is 1. The summed E-state index contributed by atoms with van der Waals surface area (Å²) in [6, 6.07) is 0.143. The molecule has 0 fully saturated rings. The summed E-state index contributed by atoms with van der Waals surface area (Å²) in [6.45, 7) is 3.93. The highest BCUT2D eigenvalue weighted by Gasteiger charge is 2.28. The summed E-state index contributed by atoms with van der Waals surface area (Å²) in [5, 5.41) is 4.19. The van der Waals surface area contributed by atoms with Crippen molar-refractivity contribution < 1.29 is 8.42 Å². The fraction of sp³-hybridized carbons (Fsp3) is 0.667. The molecule has 5 nitrogen and oxygen atoms in total. The largest absolute Gasteiger partial charge is 0.382 e. The normalized spacial score (nSPS) is 19.1. The van der Waals surface area contributed by atoms with Crippen LogP contribution < -0.4 is 5.73 Å². The van der Waals surface area contributed by atoms with Gasteiger partial charge in [-0.25, -0.2) is 8.42 Å². The molecule has 0 amide bonds. The van der Waals surface area contributed by atoms with Gasteiger partial charge in [0.2, 0.25) is 0 Å². The number of hydrogen-bond acceptors (Lipinski definition) is 4. The summed E-state index contributed by atoms with van der Waals surface area (Å²) in [5.74, 6) is 0.743. The van der Waals surface area contributed by atoms with Crippen LogP contribution in [0.25, 0.3) is 0 Å². The van der Waals surface area contributed by atoms with Gasteiger partial charge in [0.15, 0.2) is 9.84 Å². The molecular weight excluding hydrogens is 214 g/mol. The minimum atomic E-state index is -2.96. The minimum absolute atomic E-state index is 0.0741. The van der Waals surface area contributed by atoms with Crippen LogP contribution in [0, 0.1) is 0 Å². The molecule has 1 aromatic heterocycles. The number of aromatic nitrogens is 2.